The molecular formula is C30H25ClN4O2S2. The van der Waals surface area contributed by atoms with Crippen LogP contribution in [0.5, 0.6) is 5.75 Å². The Balaban J connectivity index is 1.51. The fraction of sp³-hybridized carbons (Fsp3) is 0.233. The highest BCUT2D eigenvalue weighted by Gasteiger charge is 2.25. The zero-order valence-electron chi connectivity index (χ0n) is 21.1. The first-order valence-corrected chi connectivity index (χ1v) is 14.8. The Bertz CT molecular complexity index is 1530. The molecule has 0 unspecified atom stereocenters. The number of rotatable bonds is 9. The zero-order valence-corrected chi connectivity index (χ0v) is 23.5. The minimum atomic E-state index is -0.0719. The first kappa shape index (κ1) is 27.1. The second-order valence-electron chi connectivity index (χ2n) is 8.97. The van der Waals surface area contributed by atoms with Crippen LogP contribution in [0.15, 0.2) is 64.9 Å². The van der Waals surface area contributed by atoms with Crippen LogP contribution in [0.4, 0.5) is 5.69 Å². The Morgan fingerprint density at radius 1 is 1.00 bits per heavy atom. The lowest BCUT2D eigenvalue weighted by Crippen LogP contribution is -2.19. The summed E-state index contributed by atoms with van der Waals surface area (Å²) in [7, 11) is 0. The fourth-order valence-corrected chi connectivity index (χ4v) is 6.61. The van der Waals surface area contributed by atoms with Crippen molar-refractivity contribution in [3.8, 4) is 39.6 Å². The summed E-state index contributed by atoms with van der Waals surface area (Å²) in [6, 6.07) is 21.8. The lowest BCUT2D eigenvalue weighted by molar-refractivity contribution is 0.201. The third-order valence-corrected chi connectivity index (χ3v) is 8.73. The molecule has 2 heterocycles. The van der Waals surface area contributed by atoms with E-state index in [0.717, 1.165) is 58.3 Å². The highest BCUT2D eigenvalue weighted by molar-refractivity contribution is 7.98. The molecule has 0 spiro atoms. The molecule has 196 valence electrons. The summed E-state index contributed by atoms with van der Waals surface area (Å²) in [5, 5.41) is 33.3. The van der Waals surface area contributed by atoms with E-state index < -0.39 is 0 Å². The molecule has 1 aromatic heterocycles. The third kappa shape index (κ3) is 6.06. The van der Waals surface area contributed by atoms with Crippen LogP contribution in [0.1, 0.15) is 29.7 Å². The van der Waals surface area contributed by atoms with Gasteiger partial charge in [-0.1, -0.05) is 35.9 Å². The van der Waals surface area contributed by atoms with E-state index in [0.29, 0.717) is 33.2 Å². The first-order chi connectivity index (χ1) is 19.1. The number of nitrogens with zero attached hydrogens (tertiary/aromatic N) is 4. The number of aliphatic hydroxyl groups is 1. The molecule has 39 heavy (non-hydrogen) atoms. The van der Waals surface area contributed by atoms with Crippen LogP contribution >= 0.6 is 34.7 Å². The Labute approximate surface area is 241 Å². The molecule has 1 saturated heterocycles. The van der Waals surface area contributed by atoms with Gasteiger partial charge in [-0.05, 0) is 48.7 Å². The van der Waals surface area contributed by atoms with Gasteiger partial charge in [0.25, 0.3) is 0 Å². The molecule has 0 aliphatic carbocycles. The van der Waals surface area contributed by atoms with Crippen LogP contribution < -0.4 is 9.64 Å². The molecule has 4 aromatic rings. The highest BCUT2D eigenvalue weighted by atomic mass is 35.5. The standard InChI is InChI=1S/C30H25ClN4O2S2/c31-22-7-3-21(4-8-22)30-34-23(19-39-30)18-38-28-15-27(35-11-1-2-12-35)25(16-32)29(26(28)17-33)20-5-9-24(10-6-20)37-14-13-36/h3-10,15,19,36H,1-2,11-14,18H2. The van der Waals surface area contributed by atoms with E-state index in [9.17, 15) is 10.5 Å². The second-order valence-corrected chi connectivity index (χ2v) is 11.3. The van der Waals surface area contributed by atoms with Crippen LogP contribution in [0.25, 0.3) is 21.7 Å². The molecule has 0 atom stereocenters. The number of nitriles is 2. The molecule has 0 saturated carbocycles. The number of hydrogen-bond donors (Lipinski definition) is 1. The van der Waals surface area contributed by atoms with Crippen LogP contribution in [0.2, 0.25) is 5.02 Å². The van der Waals surface area contributed by atoms with E-state index in [-0.39, 0.29) is 13.2 Å². The fourth-order valence-electron chi connectivity index (χ4n) is 4.61. The van der Waals surface area contributed by atoms with Gasteiger partial charge in [0.1, 0.15) is 29.5 Å². The monoisotopic (exact) mass is 572 g/mol. The number of thiazole rings is 1. The first-order valence-electron chi connectivity index (χ1n) is 12.5. The SMILES string of the molecule is N#Cc1c(SCc2csc(-c3ccc(Cl)cc3)n2)cc(N2CCCC2)c(C#N)c1-c1ccc(OCCO)cc1. The Morgan fingerprint density at radius 2 is 1.69 bits per heavy atom. The van der Waals surface area contributed by atoms with Crippen molar-refractivity contribution in [3.63, 3.8) is 0 Å². The van der Waals surface area contributed by atoms with Crippen molar-refractivity contribution in [2.45, 2.75) is 23.5 Å². The molecule has 5 rings (SSSR count). The Kier molecular flexibility index (Phi) is 8.71. The van der Waals surface area contributed by atoms with Crippen LogP contribution in [0.3, 0.4) is 0 Å². The Morgan fingerprint density at radius 3 is 2.36 bits per heavy atom. The van der Waals surface area contributed by atoms with Crippen molar-refractivity contribution in [2.75, 3.05) is 31.2 Å². The molecule has 3 aromatic carbocycles. The molecule has 0 amide bonds. The number of hydrogen-bond acceptors (Lipinski definition) is 8. The highest BCUT2D eigenvalue weighted by Crippen LogP contribution is 2.42. The smallest absolute Gasteiger partial charge is 0.123 e. The van der Waals surface area contributed by atoms with Crippen molar-refractivity contribution in [1.29, 1.82) is 10.5 Å². The predicted molar refractivity (Wildman–Crippen MR) is 157 cm³/mol. The van der Waals surface area contributed by atoms with E-state index in [1.165, 1.54) is 0 Å². The Hall–Kier alpha value is -3.53. The van der Waals surface area contributed by atoms with Gasteiger partial charge in [-0.3, -0.25) is 0 Å². The number of ether oxygens (including phenoxy) is 1. The molecule has 0 radical (unpaired) electrons. The van der Waals surface area contributed by atoms with Crippen molar-refractivity contribution in [3.05, 3.63) is 81.8 Å². The van der Waals surface area contributed by atoms with Gasteiger partial charge in [0.05, 0.1) is 29.1 Å². The molecule has 0 bridgehead atoms. The normalized spacial score (nSPS) is 12.8. The summed E-state index contributed by atoms with van der Waals surface area (Å²) in [6.07, 6.45) is 2.15. The van der Waals surface area contributed by atoms with Gasteiger partial charge in [-0.25, -0.2) is 4.98 Å². The molecule has 1 N–H and O–H groups in total. The van der Waals surface area contributed by atoms with Crippen molar-refractivity contribution >= 4 is 40.4 Å². The maximum Gasteiger partial charge on any atom is 0.123 e. The summed E-state index contributed by atoms with van der Waals surface area (Å²) in [4.78, 5) is 7.88. The van der Waals surface area contributed by atoms with Gasteiger partial charge in [0, 0.05) is 45.3 Å². The summed E-state index contributed by atoms with van der Waals surface area (Å²) >= 11 is 9.17. The average Bonchev–Trinajstić information content (AvgIpc) is 3.68. The third-order valence-electron chi connectivity index (χ3n) is 6.46. The van der Waals surface area contributed by atoms with Crippen molar-refractivity contribution in [1.82, 2.24) is 4.98 Å². The largest absolute Gasteiger partial charge is 0.491 e. The quantitative estimate of drug-likeness (QED) is 0.213. The zero-order chi connectivity index (χ0) is 27.2. The van der Waals surface area contributed by atoms with Crippen LogP contribution in [-0.2, 0) is 5.75 Å². The van der Waals surface area contributed by atoms with Crippen molar-refractivity contribution < 1.29 is 9.84 Å². The average molecular weight is 573 g/mol. The number of aliphatic hydroxyl groups excluding tert-OH is 1. The van der Waals surface area contributed by atoms with Gasteiger partial charge in [0.15, 0.2) is 0 Å². The predicted octanol–water partition coefficient (Wildman–Crippen LogP) is 7.14. The lowest BCUT2D eigenvalue weighted by Gasteiger charge is -2.23. The summed E-state index contributed by atoms with van der Waals surface area (Å²) < 4.78 is 5.51. The molecule has 1 aliphatic heterocycles. The number of halogens is 1. The van der Waals surface area contributed by atoms with Crippen LogP contribution in [-0.4, -0.2) is 36.4 Å². The van der Waals surface area contributed by atoms with E-state index in [1.807, 2.05) is 47.8 Å². The summed E-state index contributed by atoms with van der Waals surface area (Å²) in [6.45, 7) is 1.90. The molecule has 1 fully saturated rings. The molecular weight excluding hydrogens is 548 g/mol. The van der Waals surface area contributed by atoms with Gasteiger partial charge in [-0.15, -0.1) is 23.1 Å². The van der Waals surface area contributed by atoms with Gasteiger partial charge >= 0.3 is 0 Å². The van der Waals surface area contributed by atoms with Gasteiger partial charge in [-0.2, -0.15) is 10.5 Å². The number of thioether (sulfide) groups is 1. The van der Waals surface area contributed by atoms with Crippen molar-refractivity contribution in [2.24, 2.45) is 0 Å². The van der Waals surface area contributed by atoms with E-state index in [1.54, 1.807) is 35.2 Å². The number of anilines is 1. The number of benzene rings is 3. The second kappa shape index (κ2) is 12.5. The topological polar surface area (TPSA) is 93.2 Å². The molecule has 9 heteroatoms. The van der Waals surface area contributed by atoms with Gasteiger partial charge < -0.3 is 14.7 Å². The molecule has 1 aliphatic rings. The minimum Gasteiger partial charge on any atom is -0.491 e. The lowest BCUT2D eigenvalue weighted by atomic mass is 9.93. The maximum absolute atomic E-state index is 10.3. The van der Waals surface area contributed by atoms with E-state index in [4.69, 9.17) is 26.4 Å². The summed E-state index contributed by atoms with van der Waals surface area (Å²) in [5.74, 6) is 1.22. The summed E-state index contributed by atoms with van der Waals surface area (Å²) in [5.41, 5.74) is 5.23. The number of aromatic nitrogens is 1. The molecule has 6 nitrogen and oxygen atoms in total. The van der Waals surface area contributed by atoms with Gasteiger partial charge in [0.2, 0.25) is 0 Å². The maximum atomic E-state index is 10.3. The van der Waals surface area contributed by atoms with E-state index >= 15 is 0 Å². The minimum absolute atomic E-state index is 0.0719. The van der Waals surface area contributed by atoms with E-state index in [2.05, 4.69) is 17.0 Å². The van der Waals surface area contributed by atoms with Crippen LogP contribution in [0, 0.1) is 22.7 Å².